The normalized spacial score (nSPS) is 18.6. The van der Waals surface area contributed by atoms with Crippen molar-refractivity contribution in [3.63, 3.8) is 0 Å². The molecular weight excluding hydrogens is 228 g/mol. The first-order valence-electron chi connectivity index (χ1n) is 6.21. The number of nitrogens with zero attached hydrogens (tertiary/aromatic N) is 2. The van der Waals surface area contributed by atoms with Crippen LogP contribution in [-0.2, 0) is 16.1 Å². The maximum Gasteiger partial charge on any atom is 0.246 e. The molecule has 2 heterocycles. The second-order valence-electron chi connectivity index (χ2n) is 4.41. The smallest absolute Gasteiger partial charge is 0.246 e. The number of aromatic nitrogens is 1. The average molecular weight is 246 g/mol. The number of ether oxygens (including phenoxy) is 1. The summed E-state index contributed by atoms with van der Waals surface area (Å²) in [5.74, 6) is -0.0534. The van der Waals surface area contributed by atoms with Gasteiger partial charge in [0.05, 0.1) is 6.10 Å². The van der Waals surface area contributed by atoms with E-state index in [2.05, 4.69) is 11.6 Å². The van der Waals surface area contributed by atoms with Gasteiger partial charge in [0, 0.05) is 32.1 Å². The molecule has 2 rings (SSSR count). The van der Waals surface area contributed by atoms with E-state index >= 15 is 0 Å². The molecule has 0 saturated carbocycles. The lowest BCUT2D eigenvalue weighted by Gasteiger charge is -2.24. The van der Waals surface area contributed by atoms with E-state index in [-0.39, 0.29) is 12.0 Å². The molecule has 0 aromatic carbocycles. The van der Waals surface area contributed by atoms with Gasteiger partial charge in [0.1, 0.15) is 0 Å². The third-order valence-corrected chi connectivity index (χ3v) is 3.06. The van der Waals surface area contributed by atoms with Gasteiger partial charge in [0.15, 0.2) is 0 Å². The lowest BCUT2D eigenvalue weighted by molar-refractivity contribution is -0.128. The van der Waals surface area contributed by atoms with Gasteiger partial charge in [-0.05, 0) is 36.6 Å². The first kappa shape index (κ1) is 12.8. The molecule has 1 aliphatic heterocycles. The minimum absolute atomic E-state index is 0.0534. The van der Waals surface area contributed by atoms with Crippen LogP contribution in [-0.4, -0.2) is 35.0 Å². The van der Waals surface area contributed by atoms with E-state index in [0.717, 1.165) is 25.0 Å². The largest absolute Gasteiger partial charge is 0.376 e. The van der Waals surface area contributed by atoms with Crippen molar-refractivity contribution < 1.29 is 9.53 Å². The van der Waals surface area contributed by atoms with Crippen molar-refractivity contribution in [2.45, 2.75) is 25.5 Å². The Bertz CT molecular complexity index is 400. The number of hydrogen-bond acceptors (Lipinski definition) is 3. The number of carbonyl (C=O) groups excluding carboxylic acids is 1. The molecule has 0 aliphatic carbocycles. The second-order valence-corrected chi connectivity index (χ2v) is 4.41. The Kier molecular flexibility index (Phi) is 4.47. The van der Waals surface area contributed by atoms with E-state index in [0.29, 0.717) is 13.1 Å². The minimum Gasteiger partial charge on any atom is -0.376 e. The summed E-state index contributed by atoms with van der Waals surface area (Å²) in [6.07, 6.45) is 7.09. The standard InChI is InChI=1S/C14H18N2O2/c1-2-14(17)16(11-13-4-3-9-18-13)10-12-5-7-15-8-6-12/h2,5-8,13H,1,3-4,9-11H2/t13-/m1/s1. The molecule has 1 amide bonds. The van der Waals surface area contributed by atoms with E-state index in [9.17, 15) is 4.79 Å². The maximum absolute atomic E-state index is 11.8. The van der Waals surface area contributed by atoms with Crippen molar-refractivity contribution in [3.05, 3.63) is 42.7 Å². The van der Waals surface area contributed by atoms with Gasteiger partial charge in [-0.1, -0.05) is 6.58 Å². The van der Waals surface area contributed by atoms with Crippen LogP contribution in [0.2, 0.25) is 0 Å². The van der Waals surface area contributed by atoms with Crippen molar-refractivity contribution in [2.24, 2.45) is 0 Å². The SMILES string of the molecule is C=CC(=O)N(Cc1ccncc1)C[C@H]1CCCO1. The zero-order valence-corrected chi connectivity index (χ0v) is 10.4. The van der Waals surface area contributed by atoms with Crippen molar-refractivity contribution >= 4 is 5.91 Å². The monoisotopic (exact) mass is 246 g/mol. The van der Waals surface area contributed by atoms with Crippen molar-refractivity contribution in [1.29, 1.82) is 0 Å². The number of pyridine rings is 1. The van der Waals surface area contributed by atoms with E-state index in [4.69, 9.17) is 4.74 Å². The van der Waals surface area contributed by atoms with Gasteiger partial charge in [-0.25, -0.2) is 0 Å². The Morgan fingerprint density at radius 3 is 2.94 bits per heavy atom. The van der Waals surface area contributed by atoms with E-state index in [1.54, 1.807) is 17.3 Å². The molecule has 1 aromatic heterocycles. The van der Waals surface area contributed by atoms with Gasteiger partial charge in [0.2, 0.25) is 5.91 Å². The van der Waals surface area contributed by atoms with Gasteiger partial charge in [-0.2, -0.15) is 0 Å². The first-order valence-corrected chi connectivity index (χ1v) is 6.21. The Balaban J connectivity index is 2.00. The van der Waals surface area contributed by atoms with Crippen LogP contribution in [0.4, 0.5) is 0 Å². The Morgan fingerprint density at radius 1 is 1.56 bits per heavy atom. The third-order valence-electron chi connectivity index (χ3n) is 3.06. The fraction of sp³-hybridized carbons (Fsp3) is 0.429. The fourth-order valence-electron chi connectivity index (χ4n) is 2.10. The van der Waals surface area contributed by atoms with E-state index < -0.39 is 0 Å². The summed E-state index contributed by atoms with van der Waals surface area (Å²) in [6.45, 7) is 5.56. The van der Waals surface area contributed by atoms with Gasteiger partial charge in [-0.3, -0.25) is 9.78 Å². The maximum atomic E-state index is 11.8. The highest BCUT2D eigenvalue weighted by atomic mass is 16.5. The van der Waals surface area contributed by atoms with Gasteiger partial charge in [-0.15, -0.1) is 0 Å². The predicted molar refractivity (Wildman–Crippen MR) is 68.8 cm³/mol. The highest BCUT2D eigenvalue weighted by Gasteiger charge is 2.21. The van der Waals surface area contributed by atoms with Crippen LogP contribution >= 0.6 is 0 Å². The lowest BCUT2D eigenvalue weighted by atomic mass is 10.2. The molecule has 96 valence electrons. The van der Waals surface area contributed by atoms with Crippen LogP contribution in [0.15, 0.2) is 37.2 Å². The molecule has 4 nitrogen and oxygen atoms in total. The topological polar surface area (TPSA) is 42.4 Å². The van der Waals surface area contributed by atoms with Gasteiger partial charge < -0.3 is 9.64 Å². The summed E-state index contributed by atoms with van der Waals surface area (Å²) < 4.78 is 5.58. The molecule has 18 heavy (non-hydrogen) atoms. The fourth-order valence-corrected chi connectivity index (χ4v) is 2.10. The summed E-state index contributed by atoms with van der Waals surface area (Å²) in [4.78, 5) is 17.6. The molecule has 0 radical (unpaired) electrons. The van der Waals surface area contributed by atoms with E-state index in [1.807, 2.05) is 12.1 Å². The van der Waals surface area contributed by atoms with Crippen LogP contribution in [0.5, 0.6) is 0 Å². The zero-order chi connectivity index (χ0) is 12.8. The Labute approximate surface area is 107 Å². The molecule has 0 bridgehead atoms. The lowest BCUT2D eigenvalue weighted by Crippen LogP contribution is -2.35. The number of rotatable bonds is 5. The highest BCUT2D eigenvalue weighted by Crippen LogP contribution is 2.15. The molecular formula is C14H18N2O2. The molecule has 4 heteroatoms. The Morgan fingerprint density at radius 2 is 2.33 bits per heavy atom. The van der Waals surface area contributed by atoms with Crippen LogP contribution in [0.25, 0.3) is 0 Å². The number of hydrogen-bond donors (Lipinski definition) is 0. The third kappa shape index (κ3) is 3.40. The summed E-state index contributed by atoms with van der Waals surface area (Å²) in [5, 5.41) is 0. The summed E-state index contributed by atoms with van der Waals surface area (Å²) in [5.41, 5.74) is 1.07. The van der Waals surface area contributed by atoms with Gasteiger partial charge in [0.25, 0.3) is 0 Å². The van der Waals surface area contributed by atoms with Crippen molar-refractivity contribution in [2.75, 3.05) is 13.2 Å². The molecule has 0 N–H and O–H groups in total. The molecule has 0 spiro atoms. The Hall–Kier alpha value is -1.68. The molecule has 1 aliphatic rings. The van der Waals surface area contributed by atoms with Crippen molar-refractivity contribution in [1.82, 2.24) is 9.88 Å². The van der Waals surface area contributed by atoms with Crippen LogP contribution < -0.4 is 0 Å². The van der Waals surface area contributed by atoms with Crippen LogP contribution in [0.3, 0.4) is 0 Å². The molecule has 1 atom stereocenters. The summed E-state index contributed by atoms with van der Waals surface area (Å²) >= 11 is 0. The predicted octanol–water partition coefficient (Wildman–Crippen LogP) is 1.78. The second kappa shape index (κ2) is 6.31. The quantitative estimate of drug-likeness (QED) is 0.744. The molecule has 1 saturated heterocycles. The molecule has 1 fully saturated rings. The molecule has 0 unspecified atom stereocenters. The van der Waals surface area contributed by atoms with Crippen LogP contribution in [0.1, 0.15) is 18.4 Å². The highest BCUT2D eigenvalue weighted by molar-refractivity contribution is 5.87. The summed E-state index contributed by atoms with van der Waals surface area (Å²) in [7, 11) is 0. The molecule has 1 aromatic rings. The van der Waals surface area contributed by atoms with E-state index in [1.165, 1.54) is 6.08 Å². The first-order chi connectivity index (χ1) is 8.79. The number of carbonyl (C=O) groups is 1. The summed E-state index contributed by atoms with van der Waals surface area (Å²) in [6, 6.07) is 3.83. The van der Waals surface area contributed by atoms with Crippen molar-refractivity contribution in [3.8, 4) is 0 Å². The number of amides is 1. The zero-order valence-electron chi connectivity index (χ0n) is 10.4. The minimum atomic E-state index is -0.0534. The van der Waals surface area contributed by atoms with Crippen LogP contribution in [0, 0.1) is 0 Å². The van der Waals surface area contributed by atoms with Gasteiger partial charge >= 0.3 is 0 Å². The average Bonchev–Trinajstić information content (AvgIpc) is 2.91.